The van der Waals surface area contributed by atoms with Gasteiger partial charge in [-0.05, 0) is 36.8 Å². The first-order valence-electron chi connectivity index (χ1n) is 6.80. The lowest BCUT2D eigenvalue weighted by molar-refractivity contribution is 0.0941. The fraction of sp³-hybridized carbons (Fsp3) is 0.118. The van der Waals surface area contributed by atoms with Crippen LogP contribution < -0.4 is 5.32 Å². The highest BCUT2D eigenvalue weighted by atomic mass is 16.1. The summed E-state index contributed by atoms with van der Waals surface area (Å²) in [6, 6.07) is 13.1. The fourth-order valence-corrected chi connectivity index (χ4v) is 2.30. The van der Waals surface area contributed by atoms with Crippen LogP contribution in [0.25, 0.3) is 10.9 Å². The number of para-hydroxylation sites is 1. The molecule has 0 fully saturated rings. The quantitative estimate of drug-likeness (QED) is 0.800. The second-order valence-electron chi connectivity index (χ2n) is 4.86. The van der Waals surface area contributed by atoms with Gasteiger partial charge in [0.25, 0.3) is 5.91 Å². The first kappa shape index (κ1) is 13.2. The summed E-state index contributed by atoms with van der Waals surface area (Å²) in [5.41, 5.74) is 2.33. The van der Waals surface area contributed by atoms with Gasteiger partial charge in [0.05, 0.1) is 17.1 Å². The zero-order chi connectivity index (χ0) is 14.7. The number of nitrogens with zero attached hydrogens (tertiary/aromatic N) is 2. The number of benzene rings is 1. The Labute approximate surface area is 122 Å². The zero-order valence-corrected chi connectivity index (χ0v) is 11.7. The Balaban J connectivity index is 1.88. The van der Waals surface area contributed by atoms with Gasteiger partial charge in [-0.25, -0.2) is 0 Å². The number of carbonyl (C=O) groups is 1. The Kier molecular flexibility index (Phi) is 3.60. The number of fused-ring (bicyclic) bond motifs is 1. The van der Waals surface area contributed by atoms with Crippen LogP contribution in [0.4, 0.5) is 0 Å². The molecule has 1 atom stereocenters. The van der Waals surface area contributed by atoms with Gasteiger partial charge in [0, 0.05) is 24.0 Å². The Morgan fingerprint density at radius 1 is 1.05 bits per heavy atom. The van der Waals surface area contributed by atoms with Crippen molar-refractivity contribution in [1.29, 1.82) is 0 Å². The molecule has 1 amide bonds. The van der Waals surface area contributed by atoms with Crippen molar-refractivity contribution < 1.29 is 4.79 Å². The molecule has 4 heteroatoms. The molecule has 0 aliphatic heterocycles. The minimum atomic E-state index is -0.122. The van der Waals surface area contributed by atoms with Crippen LogP contribution in [0, 0.1) is 0 Å². The lowest BCUT2D eigenvalue weighted by atomic mass is 10.1. The van der Waals surface area contributed by atoms with Crippen LogP contribution in [0.1, 0.15) is 28.9 Å². The summed E-state index contributed by atoms with van der Waals surface area (Å²) >= 11 is 0. The third-order valence-corrected chi connectivity index (χ3v) is 3.43. The fourth-order valence-electron chi connectivity index (χ4n) is 2.30. The van der Waals surface area contributed by atoms with E-state index in [9.17, 15) is 4.79 Å². The number of hydrogen-bond donors (Lipinski definition) is 1. The zero-order valence-electron chi connectivity index (χ0n) is 11.7. The minimum absolute atomic E-state index is 0.0838. The first-order chi connectivity index (χ1) is 10.3. The van der Waals surface area contributed by atoms with Crippen molar-refractivity contribution in [1.82, 2.24) is 15.3 Å². The molecule has 2 heterocycles. The number of carbonyl (C=O) groups excluding carboxylic acids is 1. The number of amides is 1. The molecule has 3 aromatic rings. The van der Waals surface area contributed by atoms with E-state index in [0.717, 1.165) is 16.5 Å². The SMILES string of the molecule is CC(NC(=O)c1cccc2cccnc12)c1ccncc1. The average molecular weight is 277 g/mol. The van der Waals surface area contributed by atoms with Crippen molar-refractivity contribution in [3.63, 3.8) is 0 Å². The molecule has 0 bridgehead atoms. The minimum Gasteiger partial charge on any atom is -0.345 e. The van der Waals surface area contributed by atoms with Gasteiger partial charge >= 0.3 is 0 Å². The van der Waals surface area contributed by atoms with E-state index in [4.69, 9.17) is 0 Å². The predicted molar refractivity (Wildman–Crippen MR) is 81.9 cm³/mol. The normalized spacial score (nSPS) is 12.0. The topological polar surface area (TPSA) is 54.9 Å². The van der Waals surface area contributed by atoms with Gasteiger partial charge in [-0.15, -0.1) is 0 Å². The lowest BCUT2D eigenvalue weighted by Crippen LogP contribution is -2.26. The molecular weight excluding hydrogens is 262 g/mol. The molecule has 0 radical (unpaired) electrons. The number of hydrogen-bond acceptors (Lipinski definition) is 3. The Morgan fingerprint density at radius 3 is 2.62 bits per heavy atom. The third kappa shape index (κ3) is 2.74. The van der Waals surface area contributed by atoms with Crippen LogP contribution in [0.2, 0.25) is 0 Å². The van der Waals surface area contributed by atoms with E-state index in [2.05, 4.69) is 15.3 Å². The summed E-state index contributed by atoms with van der Waals surface area (Å²) in [7, 11) is 0. The highest BCUT2D eigenvalue weighted by Crippen LogP contribution is 2.17. The van der Waals surface area contributed by atoms with Gasteiger partial charge < -0.3 is 5.32 Å². The Bertz CT molecular complexity index is 766. The van der Waals surface area contributed by atoms with Gasteiger partial charge in [0.15, 0.2) is 0 Å². The molecule has 1 N–H and O–H groups in total. The summed E-state index contributed by atoms with van der Waals surface area (Å²) < 4.78 is 0. The summed E-state index contributed by atoms with van der Waals surface area (Å²) in [6.07, 6.45) is 5.14. The molecule has 0 aliphatic carbocycles. The molecule has 21 heavy (non-hydrogen) atoms. The molecule has 4 nitrogen and oxygen atoms in total. The van der Waals surface area contributed by atoms with E-state index in [1.807, 2.05) is 43.3 Å². The number of pyridine rings is 2. The summed E-state index contributed by atoms with van der Waals surface area (Å²) in [5, 5.41) is 3.96. The van der Waals surface area contributed by atoms with E-state index < -0.39 is 0 Å². The van der Waals surface area contributed by atoms with Crippen LogP contribution in [-0.2, 0) is 0 Å². The number of nitrogens with one attached hydrogen (secondary N) is 1. The van der Waals surface area contributed by atoms with Crippen molar-refractivity contribution in [3.8, 4) is 0 Å². The summed E-state index contributed by atoms with van der Waals surface area (Å²) in [5.74, 6) is -0.122. The van der Waals surface area contributed by atoms with E-state index >= 15 is 0 Å². The van der Waals surface area contributed by atoms with Crippen molar-refractivity contribution in [2.45, 2.75) is 13.0 Å². The maximum atomic E-state index is 12.5. The monoisotopic (exact) mass is 277 g/mol. The van der Waals surface area contributed by atoms with Crippen molar-refractivity contribution in [2.75, 3.05) is 0 Å². The van der Waals surface area contributed by atoms with Crippen LogP contribution in [0.5, 0.6) is 0 Å². The molecule has 1 aromatic carbocycles. The van der Waals surface area contributed by atoms with Crippen molar-refractivity contribution >= 4 is 16.8 Å². The Hall–Kier alpha value is -2.75. The summed E-state index contributed by atoms with van der Waals surface area (Å²) in [6.45, 7) is 1.95. The second-order valence-corrected chi connectivity index (χ2v) is 4.86. The maximum Gasteiger partial charge on any atom is 0.253 e. The van der Waals surface area contributed by atoms with Crippen molar-refractivity contribution in [3.05, 3.63) is 72.2 Å². The predicted octanol–water partition coefficient (Wildman–Crippen LogP) is 3.12. The average Bonchev–Trinajstić information content (AvgIpc) is 2.55. The smallest absolute Gasteiger partial charge is 0.253 e. The standard InChI is InChI=1S/C17H15N3O/c1-12(13-7-10-18-11-8-13)20-17(21)15-6-2-4-14-5-3-9-19-16(14)15/h2-12H,1H3,(H,20,21). The second kappa shape index (κ2) is 5.71. The van der Waals surface area contributed by atoms with Crippen LogP contribution in [0.3, 0.4) is 0 Å². The molecule has 3 rings (SSSR count). The Morgan fingerprint density at radius 2 is 1.81 bits per heavy atom. The molecular formula is C17H15N3O. The lowest BCUT2D eigenvalue weighted by Gasteiger charge is -2.14. The number of rotatable bonds is 3. The molecule has 0 spiro atoms. The van der Waals surface area contributed by atoms with Gasteiger partial charge in [0.2, 0.25) is 0 Å². The molecule has 1 unspecified atom stereocenters. The van der Waals surface area contributed by atoms with Crippen LogP contribution >= 0.6 is 0 Å². The first-order valence-corrected chi connectivity index (χ1v) is 6.80. The molecule has 0 aliphatic rings. The van der Waals surface area contributed by atoms with Gasteiger partial charge in [0.1, 0.15) is 0 Å². The molecule has 0 saturated carbocycles. The van der Waals surface area contributed by atoms with E-state index in [1.165, 1.54) is 0 Å². The number of aromatic nitrogens is 2. The van der Waals surface area contributed by atoms with Gasteiger partial charge in [-0.1, -0.05) is 18.2 Å². The van der Waals surface area contributed by atoms with Crippen LogP contribution in [-0.4, -0.2) is 15.9 Å². The maximum absolute atomic E-state index is 12.5. The molecule has 104 valence electrons. The highest BCUT2D eigenvalue weighted by Gasteiger charge is 2.14. The van der Waals surface area contributed by atoms with Gasteiger partial charge in [-0.3, -0.25) is 14.8 Å². The molecule has 2 aromatic heterocycles. The van der Waals surface area contributed by atoms with Crippen molar-refractivity contribution in [2.24, 2.45) is 0 Å². The largest absolute Gasteiger partial charge is 0.345 e. The highest BCUT2D eigenvalue weighted by molar-refractivity contribution is 6.05. The van der Waals surface area contributed by atoms with E-state index in [0.29, 0.717) is 5.56 Å². The van der Waals surface area contributed by atoms with Crippen LogP contribution in [0.15, 0.2) is 61.1 Å². The third-order valence-electron chi connectivity index (χ3n) is 3.43. The van der Waals surface area contributed by atoms with E-state index in [1.54, 1.807) is 24.7 Å². The summed E-state index contributed by atoms with van der Waals surface area (Å²) in [4.78, 5) is 20.8. The molecule has 0 saturated heterocycles. The van der Waals surface area contributed by atoms with Gasteiger partial charge in [-0.2, -0.15) is 0 Å². The van der Waals surface area contributed by atoms with E-state index in [-0.39, 0.29) is 11.9 Å².